The van der Waals surface area contributed by atoms with Crippen LogP contribution in [-0.4, -0.2) is 47.3 Å². The normalized spacial score (nSPS) is 14.3. The Morgan fingerprint density at radius 3 is 2.29 bits per heavy atom. The Morgan fingerprint density at radius 1 is 0.976 bits per heavy atom. The zero-order valence-electron chi connectivity index (χ0n) is 22.6. The maximum absolute atomic E-state index is 13.5. The van der Waals surface area contributed by atoms with E-state index in [0.29, 0.717) is 37.4 Å². The minimum Gasteiger partial charge on any atom is -0.439 e. The van der Waals surface area contributed by atoms with Crippen molar-refractivity contribution in [1.29, 1.82) is 0 Å². The minimum absolute atomic E-state index is 0.0868. The number of piperidine rings is 1. The van der Waals surface area contributed by atoms with Crippen molar-refractivity contribution in [3.05, 3.63) is 119 Å². The third kappa shape index (κ3) is 7.57. The second kappa shape index (κ2) is 13.5. The van der Waals surface area contributed by atoms with Gasteiger partial charge in [0.1, 0.15) is 17.3 Å². The maximum Gasteiger partial charge on any atom is 0.273 e. The summed E-state index contributed by atoms with van der Waals surface area (Å²) < 4.78 is 45.3. The first-order chi connectivity index (χ1) is 20.1. The number of carbonyl (C=O) groups is 3. The van der Waals surface area contributed by atoms with Gasteiger partial charge < -0.3 is 15.0 Å². The lowest BCUT2D eigenvalue weighted by molar-refractivity contribution is 0.0649. The fourth-order valence-electron chi connectivity index (χ4n) is 4.29. The number of allylic oxidation sites excluding steroid dienone is 3. The van der Waals surface area contributed by atoms with Crippen LogP contribution in [-0.2, 0) is 0 Å². The van der Waals surface area contributed by atoms with Crippen LogP contribution in [0.3, 0.4) is 0 Å². The topological polar surface area (TPSA) is 101 Å². The number of aromatic nitrogens is 1. The highest BCUT2D eigenvalue weighted by molar-refractivity contribution is 5.99. The third-order valence-corrected chi connectivity index (χ3v) is 6.58. The number of hydrogen-bond acceptors (Lipinski definition) is 6. The lowest BCUT2D eigenvalue weighted by Gasteiger charge is -2.31. The Bertz CT molecular complexity index is 1550. The number of nitrogens with one attached hydrogen (secondary N) is 1. The summed E-state index contributed by atoms with van der Waals surface area (Å²) in [5.74, 6) is -3.47. The van der Waals surface area contributed by atoms with Crippen molar-refractivity contribution in [2.24, 2.45) is 10.9 Å². The number of nitrogens with zero attached hydrogens (tertiary/aromatic N) is 3. The van der Waals surface area contributed by atoms with E-state index in [1.165, 1.54) is 54.7 Å². The first-order valence-electron chi connectivity index (χ1n) is 13.0. The molecule has 0 saturated carbocycles. The van der Waals surface area contributed by atoms with E-state index in [4.69, 9.17) is 4.74 Å². The Kier molecular flexibility index (Phi) is 9.64. The van der Waals surface area contributed by atoms with Crippen LogP contribution in [0, 0.1) is 23.4 Å². The first-order valence-corrected chi connectivity index (χ1v) is 13.0. The summed E-state index contributed by atoms with van der Waals surface area (Å²) in [5.41, 5.74) is 0.927. The highest BCUT2D eigenvalue weighted by Gasteiger charge is 2.29. The van der Waals surface area contributed by atoms with E-state index in [2.05, 4.69) is 22.0 Å². The molecule has 1 aliphatic rings. The number of benzene rings is 2. The molecule has 0 unspecified atom stereocenters. The van der Waals surface area contributed by atoms with E-state index >= 15 is 0 Å². The lowest BCUT2D eigenvalue weighted by atomic mass is 9.88. The average Bonchev–Trinajstić information content (AvgIpc) is 3.01. The van der Waals surface area contributed by atoms with Crippen LogP contribution in [0.25, 0.3) is 0 Å². The van der Waals surface area contributed by atoms with Gasteiger partial charge in [-0.15, -0.1) is 0 Å². The Labute approximate surface area is 240 Å². The molecule has 1 aliphatic heterocycles. The van der Waals surface area contributed by atoms with Gasteiger partial charge in [0.25, 0.3) is 11.8 Å². The Hall–Kier alpha value is -5.06. The molecule has 216 valence electrons. The van der Waals surface area contributed by atoms with Gasteiger partial charge in [-0.25, -0.2) is 18.2 Å². The smallest absolute Gasteiger partial charge is 0.273 e. The summed E-state index contributed by atoms with van der Waals surface area (Å²) in [6.45, 7) is 5.70. The molecule has 2 aromatic carbocycles. The van der Waals surface area contributed by atoms with Gasteiger partial charge in [0.05, 0.1) is 5.56 Å². The molecule has 4 rings (SSSR count). The number of ketones is 1. The summed E-state index contributed by atoms with van der Waals surface area (Å²) in [6.07, 6.45) is 5.11. The quantitative estimate of drug-likeness (QED) is 0.157. The molecule has 42 heavy (non-hydrogen) atoms. The highest BCUT2D eigenvalue weighted by Crippen LogP contribution is 2.24. The van der Waals surface area contributed by atoms with Crippen LogP contribution in [0.1, 0.15) is 51.0 Å². The SMILES string of the molecule is C=N/C(=C\C=C(/C)NC(=O)c1ccc(C(=O)N2CCC(C(=O)c3ccc(F)c(F)c3)CC2)cn1)Oc1ccc(F)cc1. The zero-order chi connectivity index (χ0) is 30.2. The van der Waals surface area contributed by atoms with E-state index in [1.807, 2.05) is 0 Å². The van der Waals surface area contributed by atoms with Crippen molar-refractivity contribution in [2.45, 2.75) is 19.8 Å². The van der Waals surface area contributed by atoms with Crippen LogP contribution >= 0.6 is 0 Å². The van der Waals surface area contributed by atoms with Crippen LogP contribution in [0.2, 0.25) is 0 Å². The van der Waals surface area contributed by atoms with Crippen molar-refractivity contribution in [3.63, 3.8) is 0 Å². The molecule has 8 nitrogen and oxygen atoms in total. The molecule has 0 spiro atoms. The van der Waals surface area contributed by atoms with Gasteiger partial charge >= 0.3 is 0 Å². The predicted octanol–water partition coefficient (Wildman–Crippen LogP) is 5.49. The molecule has 2 heterocycles. The minimum atomic E-state index is -1.08. The lowest BCUT2D eigenvalue weighted by Crippen LogP contribution is -2.40. The van der Waals surface area contributed by atoms with Crippen molar-refractivity contribution >= 4 is 24.3 Å². The van der Waals surface area contributed by atoms with Crippen molar-refractivity contribution in [3.8, 4) is 5.75 Å². The standard InChI is InChI=1S/C31H27F3N4O4/c1-19(3-12-28(35-2)42-24-8-6-23(32)7-9-24)37-30(40)27-11-5-22(18-36-27)31(41)38-15-13-20(14-16-38)29(39)21-4-10-25(33)26(34)17-21/h3-12,17-18,20H,2,13-16H2,1H3,(H,37,40)/b19-3+,28-12+. The first kappa shape index (κ1) is 29.9. The van der Waals surface area contributed by atoms with E-state index < -0.39 is 29.3 Å². The van der Waals surface area contributed by atoms with E-state index in [1.54, 1.807) is 17.9 Å². The van der Waals surface area contributed by atoms with Crippen molar-refractivity contribution < 1.29 is 32.3 Å². The average molecular weight is 577 g/mol. The molecular formula is C31H27F3N4O4. The summed E-state index contributed by atoms with van der Waals surface area (Å²) in [4.78, 5) is 47.7. The van der Waals surface area contributed by atoms with Gasteiger partial charge in [-0.3, -0.25) is 19.4 Å². The monoisotopic (exact) mass is 576 g/mol. The summed E-state index contributed by atoms with van der Waals surface area (Å²) in [6, 6.07) is 11.4. The van der Waals surface area contributed by atoms with Gasteiger partial charge in [0.15, 0.2) is 17.4 Å². The summed E-state index contributed by atoms with van der Waals surface area (Å²) >= 11 is 0. The number of pyridine rings is 1. The Balaban J connectivity index is 1.30. The number of amides is 2. The highest BCUT2D eigenvalue weighted by atomic mass is 19.2. The molecule has 1 fully saturated rings. The van der Waals surface area contributed by atoms with Crippen molar-refractivity contribution in [1.82, 2.24) is 15.2 Å². The van der Waals surface area contributed by atoms with E-state index in [9.17, 15) is 27.6 Å². The van der Waals surface area contributed by atoms with Crippen LogP contribution in [0.4, 0.5) is 13.2 Å². The summed E-state index contributed by atoms with van der Waals surface area (Å²) in [5, 5.41) is 2.67. The number of halogens is 3. The van der Waals surface area contributed by atoms with Crippen molar-refractivity contribution in [2.75, 3.05) is 13.1 Å². The maximum atomic E-state index is 13.5. The molecule has 11 heteroatoms. The number of rotatable bonds is 9. The molecule has 0 aliphatic carbocycles. The number of carbonyl (C=O) groups excluding carboxylic acids is 3. The van der Waals surface area contributed by atoms with E-state index in [0.717, 1.165) is 12.1 Å². The van der Waals surface area contributed by atoms with Crippen LogP contribution < -0.4 is 10.1 Å². The number of Topliss-reactive ketones (excluding diaryl/α,β-unsaturated/α-hetero) is 1. The number of aliphatic imine (C=N–C) groups is 1. The molecule has 3 aromatic rings. The van der Waals surface area contributed by atoms with Gasteiger partial charge in [0, 0.05) is 42.5 Å². The fraction of sp³-hybridized carbons (Fsp3) is 0.194. The fourth-order valence-corrected chi connectivity index (χ4v) is 4.29. The molecule has 2 amide bonds. The second-order valence-electron chi connectivity index (χ2n) is 9.51. The van der Waals surface area contributed by atoms with Gasteiger partial charge in [0.2, 0.25) is 5.88 Å². The van der Waals surface area contributed by atoms with Gasteiger partial charge in [-0.1, -0.05) is 0 Å². The largest absolute Gasteiger partial charge is 0.439 e. The number of likely N-dealkylation sites (tertiary alicyclic amines) is 1. The van der Waals surface area contributed by atoms with Gasteiger partial charge in [-0.2, -0.15) is 0 Å². The molecule has 1 aromatic heterocycles. The third-order valence-electron chi connectivity index (χ3n) is 6.58. The van der Waals surface area contributed by atoms with Crippen LogP contribution in [0.15, 0.2) is 89.5 Å². The number of hydrogen-bond donors (Lipinski definition) is 1. The molecule has 1 N–H and O–H groups in total. The molecule has 0 radical (unpaired) electrons. The molecular weight excluding hydrogens is 549 g/mol. The summed E-state index contributed by atoms with van der Waals surface area (Å²) in [7, 11) is 0. The van der Waals surface area contributed by atoms with Crippen LogP contribution in [0.5, 0.6) is 5.75 Å². The number of ether oxygens (including phenoxy) is 1. The molecule has 0 bridgehead atoms. The zero-order valence-corrected chi connectivity index (χ0v) is 22.6. The predicted molar refractivity (Wildman–Crippen MR) is 149 cm³/mol. The molecule has 0 atom stereocenters. The van der Waals surface area contributed by atoms with Gasteiger partial charge in [-0.05, 0) is 87.2 Å². The Morgan fingerprint density at radius 2 is 1.67 bits per heavy atom. The second-order valence-corrected chi connectivity index (χ2v) is 9.51. The van der Waals surface area contributed by atoms with E-state index in [-0.39, 0.29) is 34.4 Å². The molecule has 1 saturated heterocycles.